The fraction of sp³-hybridized carbons (Fsp3) is 0.778. The molecular weight excluding hydrogens is 408 g/mol. The molecule has 0 aliphatic carbocycles. The van der Waals surface area contributed by atoms with Gasteiger partial charge < -0.3 is 15.2 Å². The van der Waals surface area contributed by atoms with Crippen molar-refractivity contribution in [2.45, 2.75) is 8.35 Å². The maximum atomic E-state index is 5.42. The van der Waals surface area contributed by atoms with Crippen LogP contribution in [0.4, 0.5) is 0 Å². The summed E-state index contributed by atoms with van der Waals surface area (Å²) in [6.45, 7) is 5.33. The summed E-state index contributed by atoms with van der Waals surface area (Å²) in [4.78, 5) is 0. The van der Waals surface area contributed by atoms with Gasteiger partial charge >= 0.3 is 0 Å². The molecule has 0 spiro atoms. The molecule has 5 heteroatoms. The Bertz CT molecular complexity index is 157. The van der Waals surface area contributed by atoms with E-state index in [1.54, 1.807) is 0 Å². The summed E-state index contributed by atoms with van der Waals surface area (Å²) in [6, 6.07) is 0. The van der Waals surface area contributed by atoms with E-state index in [4.69, 9.17) is 15.2 Å². The van der Waals surface area contributed by atoms with Crippen LogP contribution in [-0.4, -0.2) is 34.4 Å². The van der Waals surface area contributed by atoms with Gasteiger partial charge in [0, 0.05) is 6.54 Å². The molecule has 84 valence electrons. The molecule has 14 heavy (non-hydrogen) atoms. The van der Waals surface area contributed by atoms with E-state index in [1.165, 1.54) is 0 Å². The lowest BCUT2D eigenvalue weighted by molar-refractivity contribution is 0.160. The van der Waals surface area contributed by atoms with E-state index in [-0.39, 0.29) is 1.43 Å². The van der Waals surface area contributed by atoms with E-state index in [9.17, 15) is 0 Å². The van der Waals surface area contributed by atoms with Crippen molar-refractivity contribution in [1.29, 1.82) is 0 Å². The average molecular weight is 425 g/mol. The van der Waals surface area contributed by atoms with Crippen LogP contribution in [0.25, 0.3) is 0 Å². The first kappa shape index (κ1) is 15.1. The van der Waals surface area contributed by atoms with Gasteiger partial charge in [-0.15, -0.1) is 0 Å². The van der Waals surface area contributed by atoms with Crippen molar-refractivity contribution in [3.63, 3.8) is 0 Å². The van der Waals surface area contributed by atoms with E-state index in [1.807, 2.05) is 12.2 Å². The standard InChI is InChI=1S/C9H17I2NO2/c1-9(10,11)8-14-6-3-2-5-13-7-4-12/h2-3H,4-8,12H2,1H3/b3-2-. The van der Waals surface area contributed by atoms with Crippen LogP contribution >= 0.6 is 45.2 Å². The first-order valence-corrected chi connectivity index (χ1v) is 6.60. The highest BCUT2D eigenvalue weighted by Gasteiger charge is 2.13. The molecule has 0 aromatic heterocycles. The van der Waals surface area contributed by atoms with Crippen molar-refractivity contribution in [2.24, 2.45) is 5.73 Å². The van der Waals surface area contributed by atoms with Gasteiger partial charge in [-0.1, -0.05) is 57.3 Å². The Morgan fingerprint density at radius 1 is 1.21 bits per heavy atom. The number of ether oxygens (including phenoxy) is 2. The molecule has 2 N–H and O–H groups in total. The first-order valence-electron chi connectivity index (χ1n) is 4.44. The summed E-state index contributed by atoms with van der Waals surface area (Å²) < 4.78 is 10.8. The summed E-state index contributed by atoms with van der Waals surface area (Å²) in [6.07, 6.45) is 3.92. The van der Waals surface area contributed by atoms with Gasteiger partial charge in [-0.2, -0.15) is 0 Å². The highest BCUT2D eigenvalue weighted by atomic mass is 127. The molecule has 0 saturated carbocycles. The van der Waals surface area contributed by atoms with Crippen LogP contribution < -0.4 is 5.73 Å². The van der Waals surface area contributed by atoms with Crippen LogP contribution in [0.2, 0.25) is 0 Å². The van der Waals surface area contributed by atoms with E-state index in [2.05, 4.69) is 52.1 Å². The Labute approximate surface area is 113 Å². The zero-order valence-electron chi connectivity index (χ0n) is 8.34. The van der Waals surface area contributed by atoms with Crippen LogP contribution in [0, 0.1) is 0 Å². The molecule has 0 rings (SSSR count). The molecule has 0 atom stereocenters. The predicted molar refractivity (Wildman–Crippen MR) is 76.3 cm³/mol. The third-order valence-corrected chi connectivity index (χ3v) is 1.84. The largest absolute Gasteiger partial charge is 0.376 e. The Morgan fingerprint density at radius 3 is 2.29 bits per heavy atom. The lowest BCUT2D eigenvalue weighted by Crippen LogP contribution is -2.14. The van der Waals surface area contributed by atoms with Gasteiger partial charge in [0.2, 0.25) is 0 Å². The van der Waals surface area contributed by atoms with Gasteiger partial charge in [0.15, 0.2) is 0 Å². The second kappa shape index (κ2) is 9.32. The van der Waals surface area contributed by atoms with Gasteiger partial charge in [0.1, 0.15) is 0 Å². The summed E-state index contributed by atoms with van der Waals surface area (Å²) in [5.41, 5.74) is 5.26. The highest BCUT2D eigenvalue weighted by molar-refractivity contribution is 14.2. The molecule has 0 amide bonds. The zero-order valence-corrected chi connectivity index (χ0v) is 12.7. The van der Waals surface area contributed by atoms with Gasteiger partial charge in [0.25, 0.3) is 0 Å². The van der Waals surface area contributed by atoms with Crippen LogP contribution in [0.15, 0.2) is 12.2 Å². The van der Waals surface area contributed by atoms with Crippen LogP contribution in [0.3, 0.4) is 0 Å². The average Bonchev–Trinajstić information content (AvgIpc) is 2.08. The Balaban J connectivity index is 3.19. The molecular formula is C9H17I2NO2. The highest BCUT2D eigenvalue weighted by Crippen LogP contribution is 2.26. The number of halogens is 2. The summed E-state index contributed by atoms with van der Waals surface area (Å²) in [5.74, 6) is 0. The maximum absolute atomic E-state index is 5.42. The SMILES string of the molecule is CC(I)(I)COC/C=C\COCCN. The molecule has 0 radical (unpaired) electrons. The van der Waals surface area contributed by atoms with Gasteiger partial charge in [-0.3, -0.25) is 0 Å². The van der Waals surface area contributed by atoms with Crippen molar-refractivity contribution in [1.82, 2.24) is 0 Å². The Hall–Kier alpha value is 1.08. The number of nitrogens with two attached hydrogens (primary N) is 1. The minimum Gasteiger partial charge on any atom is -0.376 e. The molecule has 0 aromatic carbocycles. The minimum atomic E-state index is 0.180. The normalized spacial score (nSPS) is 12.6. The fourth-order valence-electron chi connectivity index (χ4n) is 0.677. The molecule has 3 nitrogen and oxygen atoms in total. The topological polar surface area (TPSA) is 44.5 Å². The van der Waals surface area contributed by atoms with Crippen LogP contribution in [0.1, 0.15) is 6.92 Å². The number of hydrogen-bond acceptors (Lipinski definition) is 3. The molecule has 0 heterocycles. The maximum Gasteiger partial charge on any atom is 0.0938 e. The molecule has 0 aromatic rings. The summed E-state index contributed by atoms with van der Waals surface area (Å²) in [5, 5.41) is 0. The smallest absolute Gasteiger partial charge is 0.0938 e. The van der Waals surface area contributed by atoms with Crippen molar-refractivity contribution in [2.75, 3.05) is 33.0 Å². The number of hydrogen-bond donors (Lipinski definition) is 1. The number of rotatable bonds is 8. The van der Waals surface area contributed by atoms with Crippen LogP contribution in [-0.2, 0) is 9.47 Å². The van der Waals surface area contributed by atoms with Crippen molar-refractivity contribution < 1.29 is 9.47 Å². The van der Waals surface area contributed by atoms with Crippen LogP contribution in [0.5, 0.6) is 0 Å². The van der Waals surface area contributed by atoms with E-state index >= 15 is 0 Å². The van der Waals surface area contributed by atoms with Crippen molar-refractivity contribution >= 4 is 45.2 Å². The van der Waals surface area contributed by atoms with Gasteiger partial charge in [-0.05, 0) is 6.92 Å². The predicted octanol–water partition coefficient (Wildman–Crippen LogP) is 2.12. The quantitative estimate of drug-likeness (QED) is 0.281. The molecule has 0 unspecified atom stereocenters. The third kappa shape index (κ3) is 13.1. The Kier molecular flexibility index (Phi) is 10.0. The zero-order chi connectivity index (χ0) is 10.9. The Morgan fingerprint density at radius 2 is 1.79 bits per heavy atom. The molecule has 0 aliphatic rings. The van der Waals surface area contributed by atoms with Crippen molar-refractivity contribution in [3.8, 4) is 0 Å². The lowest BCUT2D eigenvalue weighted by atomic mass is 10.5. The monoisotopic (exact) mass is 425 g/mol. The molecule has 0 fully saturated rings. The first-order chi connectivity index (χ1) is 6.56. The van der Waals surface area contributed by atoms with E-state index in [0.717, 1.165) is 6.61 Å². The molecule has 0 bridgehead atoms. The van der Waals surface area contributed by atoms with Gasteiger partial charge in [-0.25, -0.2) is 0 Å². The second-order valence-corrected chi connectivity index (χ2v) is 9.75. The minimum absolute atomic E-state index is 0.180. The lowest BCUT2D eigenvalue weighted by Gasteiger charge is -2.12. The fourth-order valence-corrected chi connectivity index (χ4v) is 1.12. The van der Waals surface area contributed by atoms with E-state index in [0.29, 0.717) is 26.4 Å². The van der Waals surface area contributed by atoms with Crippen molar-refractivity contribution in [3.05, 3.63) is 12.2 Å². The summed E-state index contributed by atoms with van der Waals surface area (Å²) >= 11 is 4.71. The summed E-state index contributed by atoms with van der Waals surface area (Å²) in [7, 11) is 0. The third-order valence-electron chi connectivity index (χ3n) is 1.21. The second-order valence-electron chi connectivity index (χ2n) is 2.92. The number of alkyl halides is 2. The van der Waals surface area contributed by atoms with E-state index < -0.39 is 0 Å². The van der Waals surface area contributed by atoms with Gasteiger partial charge in [0.05, 0.1) is 27.9 Å². The molecule has 0 saturated heterocycles. The molecule has 0 aliphatic heterocycles.